The minimum atomic E-state index is -1.19. The van der Waals surface area contributed by atoms with Crippen LogP contribution in [0.1, 0.15) is 93.2 Å². The molecular formula is C38H46N2O8. The number of ketones is 3. The molecule has 256 valence electrons. The number of fused-ring (bicyclic) bond motifs is 1. The number of benzene rings is 2. The minimum absolute atomic E-state index is 0.0441. The Kier molecular flexibility index (Phi) is 12.0. The number of methoxy groups -OCH3 is 2. The lowest BCUT2D eigenvalue weighted by Crippen LogP contribution is -2.50. The van der Waals surface area contributed by atoms with Crippen molar-refractivity contribution in [2.45, 2.75) is 89.6 Å². The van der Waals surface area contributed by atoms with Gasteiger partial charge in [-0.1, -0.05) is 68.9 Å². The van der Waals surface area contributed by atoms with E-state index in [9.17, 15) is 24.0 Å². The van der Waals surface area contributed by atoms with Gasteiger partial charge >= 0.3 is 0 Å². The van der Waals surface area contributed by atoms with Gasteiger partial charge in [-0.3, -0.25) is 24.0 Å². The fourth-order valence-corrected chi connectivity index (χ4v) is 7.12. The molecule has 2 aliphatic carbocycles. The quantitative estimate of drug-likeness (QED) is 0.147. The molecule has 0 aliphatic heterocycles. The summed E-state index contributed by atoms with van der Waals surface area (Å²) in [6.07, 6.45) is 8.21. The van der Waals surface area contributed by atoms with Gasteiger partial charge in [0.05, 0.1) is 25.6 Å². The SMILES string of the molecule is COc1ccc(OC)c2oc(C(=O)CC(CC3CCCCC3)C(=O)N[C@@H](C[C@@H]3CCCCC3=O)C(=O)C(=O)NCc3ccccc3)cc12. The zero-order chi connectivity index (χ0) is 34.0. The summed E-state index contributed by atoms with van der Waals surface area (Å²) < 4.78 is 16.8. The summed E-state index contributed by atoms with van der Waals surface area (Å²) in [7, 11) is 3.04. The maximum atomic E-state index is 14.1. The van der Waals surface area contributed by atoms with Crippen molar-refractivity contribution >= 4 is 40.1 Å². The van der Waals surface area contributed by atoms with Crippen molar-refractivity contribution in [3.05, 3.63) is 59.9 Å². The van der Waals surface area contributed by atoms with Gasteiger partial charge < -0.3 is 24.5 Å². The number of furan rings is 1. The number of carbonyl (C=O) groups is 5. The van der Waals surface area contributed by atoms with Crippen LogP contribution >= 0.6 is 0 Å². The largest absolute Gasteiger partial charge is 0.496 e. The average molecular weight is 659 g/mol. The van der Waals surface area contributed by atoms with E-state index < -0.39 is 35.5 Å². The van der Waals surface area contributed by atoms with Crippen LogP contribution < -0.4 is 20.1 Å². The van der Waals surface area contributed by atoms with Crippen LogP contribution in [0, 0.1) is 17.8 Å². The van der Waals surface area contributed by atoms with Crippen molar-refractivity contribution in [2.24, 2.45) is 17.8 Å². The van der Waals surface area contributed by atoms with Crippen LogP contribution in [0.5, 0.6) is 11.5 Å². The van der Waals surface area contributed by atoms with E-state index in [2.05, 4.69) is 10.6 Å². The van der Waals surface area contributed by atoms with Crippen LogP contribution in [0.15, 0.2) is 52.9 Å². The van der Waals surface area contributed by atoms with Gasteiger partial charge in [0.1, 0.15) is 11.5 Å². The molecule has 5 rings (SSSR count). The van der Waals surface area contributed by atoms with Crippen molar-refractivity contribution in [3.8, 4) is 11.5 Å². The number of rotatable bonds is 15. The van der Waals surface area contributed by atoms with Gasteiger partial charge in [-0.2, -0.15) is 0 Å². The Morgan fingerprint density at radius 1 is 0.875 bits per heavy atom. The van der Waals surface area contributed by atoms with Crippen LogP contribution in [0.25, 0.3) is 11.0 Å². The van der Waals surface area contributed by atoms with E-state index in [1.54, 1.807) is 18.2 Å². The molecule has 0 radical (unpaired) electrons. The number of hydrogen-bond acceptors (Lipinski definition) is 8. The first kappa shape index (κ1) is 34.9. The number of ether oxygens (including phenoxy) is 2. The zero-order valence-corrected chi connectivity index (χ0v) is 27.9. The maximum absolute atomic E-state index is 14.1. The number of amides is 2. The monoisotopic (exact) mass is 658 g/mol. The third kappa shape index (κ3) is 8.70. The highest BCUT2D eigenvalue weighted by molar-refractivity contribution is 6.38. The number of carbonyl (C=O) groups excluding carboxylic acids is 5. The van der Waals surface area contributed by atoms with Crippen molar-refractivity contribution in [1.29, 1.82) is 0 Å². The van der Waals surface area contributed by atoms with E-state index in [0.29, 0.717) is 41.7 Å². The van der Waals surface area contributed by atoms with Gasteiger partial charge in [0.2, 0.25) is 11.7 Å². The molecule has 1 heterocycles. The summed E-state index contributed by atoms with van der Waals surface area (Å²) in [5.74, 6) is -2.29. The van der Waals surface area contributed by atoms with Gasteiger partial charge in [-0.05, 0) is 55.4 Å². The number of hydrogen-bond donors (Lipinski definition) is 2. The maximum Gasteiger partial charge on any atom is 0.289 e. The molecule has 1 unspecified atom stereocenters. The van der Waals surface area contributed by atoms with E-state index >= 15 is 0 Å². The smallest absolute Gasteiger partial charge is 0.289 e. The second-order valence-electron chi connectivity index (χ2n) is 13.1. The molecule has 2 fully saturated rings. The highest BCUT2D eigenvalue weighted by atomic mass is 16.5. The Labute approximate surface area is 281 Å². The van der Waals surface area contributed by atoms with Crippen molar-refractivity contribution in [2.75, 3.05) is 14.2 Å². The van der Waals surface area contributed by atoms with Crippen molar-refractivity contribution < 1.29 is 37.9 Å². The first-order valence-corrected chi connectivity index (χ1v) is 17.1. The van der Waals surface area contributed by atoms with E-state index in [1.807, 2.05) is 30.3 Å². The van der Waals surface area contributed by atoms with Gasteiger partial charge in [0.15, 0.2) is 22.9 Å². The minimum Gasteiger partial charge on any atom is -0.496 e. The molecule has 3 aromatic rings. The van der Waals surface area contributed by atoms with Crippen molar-refractivity contribution in [3.63, 3.8) is 0 Å². The molecule has 10 heteroatoms. The molecule has 2 N–H and O–H groups in total. The lowest BCUT2D eigenvalue weighted by atomic mass is 9.80. The van der Waals surface area contributed by atoms with Crippen LogP contribution in [-0.2, 0) is 25.7 Å². The summed E-state index contributed by atoms with van der Waals surface area (Å²) in [5, 5.41) is 6.10. The standard InChI is InChI=1S/C38H46N2O8/c1-46-32-17-18-33(47-2)36-28(32)22-34(48-36)31(42)21-27(19-24-11-5-3-6-12-24)37(44)40-29(20-26-15-9-10-16-30(26)41)35(43)38(45)39-23-25-13-7-4-8-14-25/h4,7-8,13-14,17-18,22,24,26-27,29H,3,5-6,9-12,15-16,19-21,23H2,1-2H3,(H,39,45)(H,40,44)/t26-,27?,29-/m0/s1. The third-order valence-corrected chi connectivity index (χ3v) is 9.82. The van der Waals surface area contributed by atoms with E-state index in [-0.39, 0.29) is 42.6 Å². The van der Waals surface area contributed by atoms with Gasteiger partial charge in [-0.25, -0.2) is 0 Å². The van der Waals surface area contributed by atoms with Gasteiger partial charge in [-0.15, -0.1) is 0 Å². The van der Waals surface area contributed by atoms with E-state index in [0.717, 1.165) is 50.5 Å². The predicted octanol–water partition coefficient (Wildman–Crippen LogP) is 6.13. The van der Waals surface area contributed by atoms with Gasteiger partial charge in [0, 0.05) is 31.2 Å². The Morgan fingerprint density at radius 3 is 2.29 bits per heavy atom. The Morgan fingerprint density at radius 2 is 1.58 bits per heavy atom. The summed E-state index contributed by atoms with van der Waals surface area (Å²) >= 11 is 0. The topological polar surface area (TPSA) is 141 Å². The predicted molar refractivity (Wildman–Crippen MR) is 180 cm³/mol. The summed E-state index contributed by atoms with van der Waals surface area (Å²) in [4.78, 5) is 67.4. The highest BCUT2D eigenvalue weighted by Gasteiger charge is 2.36. The fourth-order valence-electron chi connectivity index (χ4n) is 7.12. The van der Waals surface area contributed by atoms with E-state index in [1.165, 1.54) is 14.2 Å². The highest BCUT2D eigenvalue weighted by Crippen LogP contribution is 2.37. The second-order valence-corrected chi connectivity index (χ2v) is 13.1. The summed E-state index contributed by atoms with van der Waals surface area (Å²) in [6, 6.07) is 13.1. The van der Waals surface area contributed by atoms with E-state index in [4.69, 9.17) is 13.9 Å². The van der Waals surface area contributed by atoms with Crippen LogP contribution in [0.3, 0.4) is 0 Å². The molecule has 2 aliphatic rings. The first-order valence-electron chi connectivity index (χ1n) is 17.1. The average Bonchev–Trinajstić information content (AvgIpc) is 3.57. The van der Waals surface area contributed by atoms with Crippen molar-refractivity contribution in [1.82, 2.24) is 10.6 Å². The molecule has 0 saturated heterocycles. The molecule has 2 saturated carbocycles. The molecule has 1 aromatic heterocycles. The van der Waals surface area contributed by atoms with Crippen LogP contribution in [-0.4, -0.2) is 49.4 Å². The first-order chi connectivity index (χ1) is 23.3. The fraction of sp³-hybridized carbons (Fsp3) is 0.500. The molecule has 0 bridgehead atoms. The lowest BCUT2D eigenvalue weighted by Gasteiger charge is -2.29. The Hall–Kier alpha value is -4.47. The molecule has 3 atom stereocenters. The third-order valence-electron chi connectivity index (χ3n) is 9.82. The Balaban J connectivity index is 1.37. The molecule has 48 heavy (non-hydrogen) atoms. The molecule has 10 nitrogen and oxygen atoms in total. The normalized spacial score (nSPS) is 18.1. The van der Waals surface area contributed by atoms with Crippen LogP contribution in [0.4, 0.5) is 0 Å². The summed E-state index contributed by atoms with van der Waals surface area (Å²) in [6.45, 7) is 0.153. The van der Waals surface area contributed by atoms with Gasteiger partial charge in [0.25, 0.3) is 5.91 Å². The summed E-state index contributed by atoms with van der Waals surface area (Å²) in [5.41, 5.74) is 1.20. The molecular weight excluding hydrogens is 612 g/mol. The second kappa shape index (κ2) is 16.6. The van der Waals surface area contributed by atoms with Crippen LogP contribution in [0.2, 0.25) is 0 Å². The molecule has 2 aromatic carbocycles. The Bertz CT molecular complexity index is 1570. The number of nitrogens with one attached hydrogen (secondary N) is 2. The lowest BCUT2D eigenvalue weighted by molar-refractivity contribution is -0.141. The molecule has 0 spiro atoms. The zero-order valence-electron chi connectivity index (χ0n) is 27.9. The molecule has 2 amide bonds. The number of Topliss-reactive ketones (excluding diaryl/α,β-unsaturated/α-hetero) is 3.